The van der Waals surface area contributed by atoms with Crippen LogP contribution >= 0.6 is 11.9 Å². The Hall–Kier alpha value is -0.970. The maximum absolute atomic E-state index is 3.22. The van der Waals surface area contributed by atoms with Gasteiger partial charge in [0, 0.05) is 37.3 Å². The lowest BCUT2D eigenvalue weighted by Crippen LogP contribution is -2.39. The molecule has 4 heteroatoms. The molecule has 2 aliphatic rings. The van der Waals surface area contributed by atoms with E-state index in [0.717, 1.165) is 26.2 Å². The van der Waals surface area contributed by atoms with Crippen LogP contribution in [-0.2, 0) is 0 Å². The van der Waals surface area contributed by atoms with Crippen LogP contribution < -0.4 is 15.4 Å². The molecule has 0 aliphatic carbocycles. The van der Waals surface area contributed by atoms with Crippen molar-refractivity contribution in [1.29, 1.82) is 0 Å². The maximum Gasteiger partial charge on any atom is 0.0357 e. The minimum absolute atomic E-state index is 1.14. The van der Waals surface area contributed by atoms with Crippen LogP contribution in [0.15, 0.2) is 35.4 Å². The third kappa shape index (κ3) is 3.56. The van der Waals surface area contributed by atoms with Crippen LogP contribution in [0.1, 0.15) is 5.56 Å². The van der Waals surface area contributed by atoms with Gasteiger partial charge in [-0.15, -0.1) is 0 Å². The van der Waals surface area contributed by atoms with Gasteiger partial charge >= 0.3 is 0 Å². The molecule has 3 N–H and O–H groups in total. The zero-order valence-electron chi connectivity index (χ0n) is 9.20. The maximum atomic E-state index is 3.22. The number of hydrogen-bond acceptors (Lipinski definition) is 4. The summed E-state index contributed by atoms with van der Waals surface area (Å²) in [5.41, 5.74) is 1.30. The quantitative estimate of drug-likeness (QED) is 0.595. The molecule has 16 heavy (non-hydrogen) atoms. The highest BCUT2D eigenvalue weighted by atomic mass is 32.2. The summed E-state index contributed by atoms with van der Waals surface area (Å²) in [7, 11) is 0. The van der Waals surface area contributed by atoms with Crippen molar-refractivity contribution < 1.29 is 0 Å². The van der Waals surface area contributed by atoms with Crippen molar-refractivity contribution >= 4 is 18.0 Å². The molecular formula is C12H17N3S. The largest absolute Gasteiger partial charge is 0.332 e. The summed E-state index contributed by atoms with van der Waals surface area (Å²) in [5, 5.41) is 6.44. The summed E-state index contributed by atoms with van der Waals surface area (Å²) < 4.78 is 3.08. The fourth-order valence-corrected chi connectivity index (χ4v) is 2.20. The van der Waals surface area contributed by atoms with E-state index in [-0.39, 0.29) is 0 Å². The Bertz CT molecular complexity index is 336. The van der Waals surface area contributed by atoms with E-state index in [0.29, 0.717) is 0 Å². The Morgan fingerprint density at radius 2 is 1.62 bits per heavy atom. The molecule has 1 aromatic rings. The third-order valence-electron chi connectivity index (χ3n) is 2.38. The Morgan fingerprint density at radius 3 is 2.25 bits per heavy atom. The van der Waals surface area contributed by atoms with Gasteiger partial charge in [-0.05, 0) is 29.7 Å². The van der Waals surface area contributed by atoms with E-state index in [9.17, 15) is 0 Å². The number of piperazine rings is 1. The zero-order chi connectivity index (χ0) is 11.1. The van der Waals surface area contributed by atoms with Crippen molar-refractivity contribution in [3.8, 4) is 0 Å². The lowest BCUT2D eigenvalue weighted by atomic mass is 10.2. The molecule has 1 aromatic carbocycles. The fourth-order valence-electron chi connectivity index (χ4n) is 1.54. The number of nitrogens with one attached hydrogen (secondary N) is 3. The number of hydrogen-bond donors (Lipinski definition) is 3. The first-order valence-corrected chi connectivity index (χ1v) is 6.38. The molecule has 0 saturated carbocycles. The number of benzene rings is 1. The lowest BCUT2D eigenvalue weighted by molar-refractivity contribution is 0.534. The van der Waals surface area contributed by atoms with Crippen molar-refractivity contribution in [3.63, 3.8) is 0 Å². The highest BCUT2D eigenvalue weighted by Crippen LogP contribution is 2.23. The van der Waals surface area contributed by atoms with Gasteiger partial charge in [-0.2, -0.15) is 0 Å². The molecule has 0 bridgehead atoms. The predicted octanol–water partition coefficient (Wildman–Crippen LogP) is 1.45. The standard InChI is InChI=1S/C8H7NS.C4H10N2/c1-2-4-8-7(3-1)5-6-9-10-8;1-2-6-4-3-5-1/h1-6,9H;5-6H,1-4H2. The van der Waals surface area contributed by atoms with E-state index < -0.39 is 0 Å². The van der Waals surface area contributed by atoms with Gasteiger partial charge in [-0.1, -0.05) is 18.2 Å². The monoisotopic (exact) mass is 235 g/mol. The van der Waals surface area contributed by atoms with E-state index in [2.05, 4.69) is 39.6 Å². The molecule has 0 unspecified atom stereocenters. The smallest absolute Gasteiger partial charge is 0.0357 e. The molecular weight excluding hydrogens is 218 g/mol. The molecule has 0 spiro atoms. The zero-order valence-corrected chi connectivity index (χ0v) is 10.0. The first kappa shape index (κ1) is 11.5. The summed E-state index contributed by atoms with van der Waals surface area (Å²) in [6.45, 7) is 4.56. The molecule has 1 fully saturated rings. The molecule has 0 aromatic heterocycles. The third-order valence-corrected chi connectivity index (χ3v) is 3.22. The average Bonchev–Trinajstić information content (AvgIpc) is 2.42. The van der Waals surface area contributed by atoms with Crippen LogP contribution in [0.4, 0.5) is 0 Å². The van der Waals surface area contributed by atoms with Gasteiger partial charge in [0.15, 0.2) is 0 Å². The lowest BCUT2D eigenvalue weighted by Gasteiger charge is -2.11. The van der Waals surface area contributed by atoms with Gasteiger partial charge in [-0.3, -0.25) is 0 Å². The van der Waals surface area contributed by atoms with Gasteiger partial charge in [0.1, 0.15) is 0 Å². The van der Waals surface area contributed by atoms with Crippen molar-refractivity contribution in [3.05, 3.63) is 36.0 Å². The Kier molecular flexibility index (Phi) is 4.73. The minimum Gasteiger partial charge on any atom is -0.332 e. The number of rotatable bonds is 0. The highest BCUT2D eigenvalue weighted by molar-refractivity contribution is 7.97. The van der Waals surface area contributed by atoms with Crippen molar-refractivity contribution in [2.45, 2.75) is 4.90 Å². The second-order valence-electron chi connectivity index (χ2n) is 3.59. The highest BCUT2D eigenvalue weighted by Gasteiger charge is 2.00. The second kappa shape index (κ2) is 6.58. The topological polar surface area (TPSA) is 36.1 Å². The normalized spacial score (nSPS) is 17.8. The van der Waals surface area contributed by atoms with E-state index in [4.69, 9.17) is 0 Å². The molecule has 1 saturated heterocycles. The molecule has 2 heterocycles. The molecule has 0 radical (unpaired) electrons. The summed E-state index contributed by atoms with van der Waals surface area (Å²) in [6.07, 6.45) is 4.03. The van der Waals surface area contributed by atoms with Gasteiger partial charge in [0.2, 0.25) is 0 Å². The predicted molar refractivity (Wildman–Crippen MR) is 70.2 cm³/mol. The number of fused-ring (bicyclic) bond motifs is 1. The summed E-state index contributed by atoms with van der Waals surface area (Å²) in [4.78, 5) is 1.30. The SMILES string of the molecule is C1=Cc2ccccc2SN1.C1CNCCN1. The Morgan fingerprint density at radius 1 is 0.938 bits per heavy atom. The van der Waals surface area contributed by atoms with Gasteiger partial charge in [0.05, 0.1) is 0 Å². The van der Waals surface area contributed by atoms with Crippen LogP contribution in [0.25, 0.3) is 6.08 Å². The first-order valence-electron chi connectivity index (χ1n) is 5.56. The average molecular weight is 235 g/mol. The van der Waals surface area contributed by atoms with Crippen LogP contribution in [0.3, 0.4) is 0 Å². The van der Waals surface area contributed by atoms with Crippen LogP contribution in [0.5, 0.6) is 0 Å². The van der Waals surface area contributed by atoms with Crippen LogP contribution in [-0.4, -0.2) is 26.2 Å². The van der Waals surface area contributed by atoms with Crippen molar-refractivity contribution in [2.75, 3.05) is 26.2 Å². The van der Waals surface area contributed by atoms with E-state index in [1.807, 2.05) is 12.3 Å². The first-order chi connectivity index (χ1) is 7.97. The molecule has 3 nitrogen and oxygen atoms in total. The van der Waals surface area contributed by atoms with E-state index in [1.54, 1.807) is 11.9 Å². The van der Waals surface area contributed by atoms with Gasteiger partial charge in [-0.25, -0.2) is 0 Å². The molecule has 86 valence electrons. The molecule has 0 amide bonds. The molecule has 3 rings (SSSR count). The van der Waals surface area contributed by atoms with Crippen molar-refractivity contribution in [1.82, 2.24) is 15.4 Å². The van der Waals surface area contributed by atoms with Crippen molar-refractivity contribution in [2.24, 2.45) is 0 Å². The summed E-state index contributed by atoms with van der Waals surface area (Å²) in [5.74, 6) is 0. The van der Waals surface area contributed by atoms with Crippen LogP contribution in [0.2, 0.25) is 0 Å². The van der Waals surface area contributed by atoms with Gasteiger partial charge in [0.25, 0.3) is 0 Å². The van der Waals surface area contributed by atoms with Gasteiger partial charge < -0.3 is 15.4 Å². The fraction of sp³-hybridized carbons (Fsp3) is 0.333. The van der Waals surface area contributed by atoms with E-state index in [1.165, 1.54) is 10.5 Å². The Labute approximate surface area is 101 Å². The summed E-state index contributed by atoms with van der Waals surface area (Å²) >= 11 is 1.65. The second-order valence-corrected chi connectivity index (χ2v) is 4.47. The summed E-state index contributed by atoms with van der Waals surface area (Å²) in [6, 6.07) is 8.32. The van der Waals surface area contributed by atoms with E-state index >= 15 is 0 Å². The van der Waals surface area contributed by atoms with Crippen LogP contribution in [0, 0.1) is 0 Å². The molecule has 2 aliphatic heterocycles. The Balaban J connectivity index is 0.000000138. The minimum atomic E-state index is 1.14. The molecule has 0 atom stereocenters.